The number of primary amides is 1. The Hall–Kier alpha value is -2.96. The molecule has 0 saturated heterocycles. The van der Waals surface area contributed by atoms with Crippen LogP contribution in [0.25, 0.3) is 11.5 Å². The minimum atomic E-state index is -0.594. The van der Waals surface area contributed by atoms with Gasteiger partial charge in [0.2, 0.25) is 5.82 Å². The van der Waals surface area contributed by atoms with Gasteiger partial charge in [0, 0.05) is 12.6 Å². The van der Waals surface area contributed by atoms with Crippen molar-refractivity contribution >= 4 is 6.03 Å². The number of nitrogens with two attached hydrogens (primary N) is 1. The maximum absolute atomic E-state index is 11.0. The number of carbonyl (C=O) groups excluding carboxylic acids is 1. The molecule has 0 aliphatic heterocycles. The van der Waals surface area contributed by atoms with Crippen LogP contribution in [0.4, 0.5) is 4.79 Å². The van der Waals surface area contributed by atoms with E-state index < -0.39 is 6.03 Å². The second-order valence-corrected chi connectivity index (χ2v) is 4.78. The number of imidazole rings is 1. The summed E-state index contributed by atoms with van der Waals surface area (Å²) >= 11 is 0. The zero-order valence-corrected chi connectivity index (χ0v) is 11.8. The molecule has 7 heteroatoms. The number of nitrogens with zero attached hydrogens (tertiary/aromatic N) is 4. The molecule has 0 unspecified atom stereocenters. The second kappa shape index (κ2) is 6.21. The molecule has 0 atom stereocenters. The van der Waals surface area contributed by atoms with Crippen LogP contribution in [0, 0.1) is 6.42 Å². The molecule has 0 aliphatic carbocycles. The van der Waals surface area contributed by atoms with Crippen molar-refractivity contribution < 1.29 is 4.79 Å². The van der Waals surface area contributed by atoms with E-state index in [0.29, 0.717) is 17.3 Å². The smallest absolute Gasteiger partial charge is 0.324 e. The zero-order valence-electron chi connectivity index (χ0n) is 11.8. The largest absolute Gasteiger partial charge is 0.351 e. The molecule has 3 aromatic rings. The van der Waals surface area contributed by atoms with Gasteiger partial charge in [-0.25, -0.2) is 14.8 Å². The summed E-state index contributed by atoms with van der Waals surface area (Å²) in [6, 6.07) is 9.64. The quantitative estimate of drug-likeness (QED) is 0.748. The molecule has 22 heavy (non-hydrogen) atoms. The van der Waals surface area contributed by atoms with Gasteiger partial charge >= 0.3 is 6.03 Å². The predicted octanol–water partition coefficient (Wildman–Crippen LogP) is 1.78. The van der Waals surface area contributed by atoms with E-state index >= 15 is 0 Å². The van der Waals surface area contributed by atoms with Crippen molar-refractivity contribution in [2.24, 2.45) is 5.73 Å². The number of carbonyl (C=O) groups is 1. The van der Waals surface area contributed by atoms with Gasteiger partial charge < -0.3 is 5.73 Å². The molecule has 2 heterocycles. The van der Waals surface area contributed by atoms with E-state index in [0.717, 1.165) is 12.8 Å². The molecular weight excluding hydrogens is 280 g/mol. The van der Waals surface area contributed by atoms with Gasteiger partial charge in [-0.15, -0.1) is 0 Å². The van der Waals surface area contributed by atoms with Crippen molar-refractivity contribution in [2.45, 2.75) is 12.8 Å². The molecule has 0 spiro atoms. The summed E-state index contributed by atoms with van der Waals surface area (Å²) in [5.41, 5.74) is 6.94. The van der Waals surface area contributed by atoms with E-state index in [9.17, 15) is 4.79 Å². The second-order valence-electron chi connectivity index (χ2n) is 4.78. The van der Waals surface area contributed by atoms with Crippen LogP contribution in [-0.4, -0.2) is 30.8 Å². The number of H-pyrrole nitrogens is 1. The summed E-state index contributed by atoms with van der Waals surface area (Å²) in [7, 11) is 0. The molecule has 0 bridgehead atoms. The number of hydrogen-bond acceptors (Lipinski definition) is 4. The zero-order chi connectivity index (χ0) is 15.4. The van der Waals surface area contributed by atoms with E-state index in [-0.39, 0.29) is 0 Å². The third-order valence-electron chi connectivity index (χ3n) is 3.18. The van der Waals surface area contributed by atoms with Crippen LogP contribution >= 0.6 is 0 Å². The fourth-order valence-electron chi connectivity index (χ4n) is 2.06. The molecule has 111 valence electrons. The molecule has 3 rings (SSSR count). The lowest BCUT2D eigenvalue weighted by Crippen LogP contribution is -2.17. The highest BCUT2D eigenvalue weighted by molar-refractivity contribution is 5.75. The number of aromatic nitrogens is 5. The summed E-state index contributed by atoms with van der Waals surface area (Å²) in [6.07, 6.45) is 6.61. The van der Waals surface area contributed by atoms with E-state index in [2.05, 4.69) is 32.3 Å². The number of nitrogens with one attached hydrogen (secondary N) is 1. The maximum Gasteiger partial charge on any atom is 0.324 e. The summed E-state index contributed by atoms with van der Waals surface area (Å²) in [5.74, 6) is 1.12. The number of aryl methyl sites for hydroxylation is 1. The fourth-order valence-corrected chi connectivity index (χ4v) is 2.06. The van der Waals surface area contributed by atoms with Crippen molar-refractivity contribution in [3.63, 3.8) is 0 Å². The van der Waals surface area contributed by atoms with Gasteiger partial charge in [0.15, 0.2) is 0 Å². The molecule has 1 amide bonds. The van der Waals surface area contributed by atoms with E-state index in [1.807, 2.05) is 24.6 Å². The van der Waals surface area contributed by atoms with Gasteiger partial charge in [0.25, 0.3) is 0 Å². The van der Waals surface area contributed by atoms with Gasteiger partial charge in [-0.2, -0.15) is 5.10 Å². The Morgan fingerprint density at radius 3 is 2.86 bits per heavy atom. The lowest BCUT2D eigenvalue weighted by molar-refractivity contribution is 0.250. The topological polar surface area (TPSA) is 102 Å². The predicted molar refractivity (Wildman–Crippen MR) is 80.8 cm³/mol. The lowest BCUT2D eigenvalue weighted by atomic mass is 10.1. The first-order valence-corrected chi connectivity index (χ1v) is 6.86. The van der Waals surface area contributed by atoms with Gasteiger partial charge in [-0.3, -0.25) is 9.67 Å². The summed E-state index contributed by atoms with van der Waals surface area (Å²) in [6.45, 7) is 0. The first kappa shape index (κ1) is 14.0. The minimum absolute atomic E-state index is 0.436. The number of benzene rings is 1. The monoisotopic (exact) mass is 295 g/mol. The Bertz CT molecular complexity index is 761. The van der Waals surface area contributed by atoms with Crippen LogP contribution in [0.1, 0.15) is 17.8 Å². The molecule has 0 saturated carbocycles. The minimum Gasteiger partial charge on any atom is -0.351 e. The Morgan fingerprint density at radius 2 is 2.14 bits per heavy atom. The van der Waals surface area contributed by atoms with Crippen LogP contribution < -0.4 is 5.73 Å². The van der Waals surface area contributed by atoms with Crippen molar-refractivity contribution in [3.8, 4) is 11.5 Å². The molecule has 0 aliphatic rings. The standard InChI is InChI=1S/C15H15N6O/c16-15(22)21-9-12(17-10-21)14-18-13(19-20-14)8-4-7-11-5-2-1-3-6-11/h1-3,5-6,8-10H,4,7H2,(H2,16,22)(H,18,19,20). The molecule has 1 radical (unpaired) electrons. The molecule has 7 nitrogen and oxygen atoms in total. The Morgan fingerprint density at radius 1 is 1.32 bits per heavy atom. The van der Waals surface area contributed by atoms with Gasteiger partial charge in [0.05, 0.1) is 0 Å². The Labute approximate surface area is 127 Å². The Kier molecular flexibility index (Phi) is 3.95. The van der Waals surface area contributed by atoms with Crippen LogP contribution in [0.5, 0.6) is 0 Å². The molecule has 0 fully saturated rings. The Balaban J connectivity index is 1.60. The highest BCUT2D eigenvalue weighted by Gasteiger charge is 2.10. The summed E-state index contributed by atoms with van der Waals surface area (Å²) in [4.78, 5) is 19.4. The van der Waals surface area contributed by atoms with Gasteiger partial charge in [0.1, 0.15) is 17.8 Å². The van der Waals surface area contributed by atoms with Crippen molar-refractivity contribution in [2.75, 3.05) is 0 Å². The normalized spacial score (nSPS) is 10.7. The number of aromatic amines is 1. The first-order chi connectivity index (χ1) is 10.7. The highest BCUT2D eigenvalue weighted by Crippen LogP contribution is 2.13. The van der Waals surface area contributed by atoms with Gasteiger partial charge in [-0.1, -0.05) is 30.3 Å². The van der Waals surface area contributed by atoms with Crippen LogP contribution in [-0.2, 0) is 6.42 Å². The SMILES string of the molecule is NC(=O)n1cnc(-c2n[nH]c([CH]CCc3ccccc3)n2)c1. The van der Waals surface area contributed by atoms with E-state index in [4.69, 9.17) is 5.73 Å². The first-order valence-electron chi connectivity index (χ1n) is 6.86. The third-order valence-corrected chi connectivity index (χ3v) is 3.18. The number of hydrogen-bond donors (Lipinski definition) is 2. The molecule has 1 aromatic carbocycles. The average Bonchev–Trinajstić information content (AvgIpc) is 3.17. The van der Waals surface area contributed by atoms with Gasteiger partial charge in [-0.05, 0) is 18.4 Å². The fraction of sp³-hybridized carbons (Fsp3) is 0.133. The molecule has 2 aromatic heterocycles. The van der Waals surface area contributed by atoms with Crippen LogP contribution in [0.2, 0.25) is 0 Å². The lowest BCUT2D eigenvalue weighted by Gasteiger charge is -1.98. The summed E-state index contributed by atoms with van der Waals surface area (Å²) < 4.78 is 1.19. The van der Waals surface area contributed by atoms with Crippen molar-refractivity contribution in [3.05, 3.63) is 60.7 Å². The van der Waals surface area contributed by atoms with Crippen molar-refractivity contribution in [1.82, 2.24) is 24.7 Å². The van der Waals surface area contributed by atoms with Crippen molar-refractivity contribution in [1.29, 1.82) is 0 Å². The van der Waals surface area contributed by atoms with Crippen LogP contribution in [0.15, 0.2) is 42.9 Å². The third kappa shape index (κ3) is 3.20. The molecular formula is C15H15N6O. The average molecular weight is 295 g/mol. The van der Waals surface area contributed by atoms with E-state index in [1.54, 1.807) is 0 Å². The number of rotatable bonds is 5. The highest BCUT2D eigenvalue weighted by atomic mass is 16.2. The summed E-state index contributed by atoms with van der Waals surface area (Å²) in [5, 5.41) is 6.94. The molecule has 3 N–H and O–H groups in total. The maximum atomic E-state index is 11.0. The van der Waals surface area contributed by atoms with E-state index in [1.165, 1.54) is 22.7 Å². The number of amides is 1. The van der Waals surface area contributed by atoms with Crippen LogP contribution in [0.3, 0.4) is 0 Å².